The molecular formula is C25H27N3O6S2. The van der Waals surface area contributed by atoms with Gasteiger partial charge in [0, 0.05) is 16.0 Å². The van der Waals surface area contributed by atoms with Crippen LogP contribution in [0.5, 0.6) is 0 Å². The Morgan fingerprint density at radius 3 is 1.67 bits per heavy atom. The number of amides is 2. The van der Waals surface area contributed by atoms with Gasteiger partial charge in [-0.3, -0.25) is 14.6 Å². The van der Waals surface area contributed by atoms with E-state index in [-0.39, 0.29) is 24.5 Å². The number of hydrogen-bond donors (Lipinski definition) is 2. The largest absolute Gasteiger partial charge is 0.462 e. The van der Waals surface area contributed by atoms with Gasteiger partial charge in [-0.15, -0.1) is 22.7 Å². The molecule has 9 nitrogen and oxygen atoms in total. The van der Waals surface area contributed by atoms with Crippen LogP contribution in [0.25, 0.3) is 0 Å². The molecule has 36 heavy (non-hydrogen) atoms. The van der Waals surface area contributed by atoms with E-state index in [4.69, 9.17) is 9.47 Å². The van der Waals surface area contributed by atoms with Crippen molar-refractivity contribution in [3.63, 3.8) is 0 Å². The highest BCUT2D eigenvalue weighted by molar-refractivity contribution is 7.17. The van der Waals surface area contributed by atoms with Crippen molar-refractivity contribution < 1.29 is 28.7 Å². The van der Waals surface area contributed by atoms with E-state index in [2.05, 4.69) is 15.6 Å². The van der Waals surface area contributed by atoms with Gasteiger partial charge in [0.05, 0.1) is 29.9 Å². The summed E-state index contributed by atoms with van der Waals surface area (Å²) in [6, 6.07) is 2.88. The van der Waals surface area contributed by atoms with Gasteiger partial charge in [-0.25, -0.2) is 9.59 Å². The lowest BCUT2D eigenvalue weighted by molar-refractivity contribution is 0.0517. The third-order valence-electron chi connectivity index (χ3n) is 5.44. The maximum atomic E-state index is 12.8. The number of esters is 2. The summed E-state index contributed by atoms with van der Waals surface area (Å²) in [6.45, 7) is 11.2. The number of hydrogen-bond acceptors (Lipinski definition) is 9. The summed E-state index contributed by atoms with van der Waals surface area (Å²) >= 11 is 2.56. The zero-order valence-corrected chi connectivity index (χ0v) is 22.5. The smallest absolute Gasteiger partial charge is 0.341 e. The minimum Gasteiger partial charge on any atom is -0.462 e. The van der Waals surface area contributed by atoms with Crippen LogP contribution < -0.4 is 10.6 Å². The molecule has 0 aliphatic carbocycles. The molecule has 0 aromatic carbocycles. The Morgan fingerprint density at radius 2 is 1.25 bits per heavy atom. The van der Waals surface area contributed by atoms with E-state index in [9.17, 15) is 19.2 Å². The molecule has 3 aromatic rings. The van der Waals surface area contributed by atoms with Gasteiger partial charge in [0.2, 0.25) is 0 Å². The first-order valence-electron chi connectivity index (χ1n) is 11.2. The highest BCUT2D eigenvalue weighted by Gasteiger charge is 2.24. The molecule has 3 heterocycles. The molecule has 3 rings (SSSR count). The second-order valence-corrected chi connectivity index (χ2v) is 10.2. The lowest BCUT2D eigenvalue weighted by Gasteiger charge is -2.08. The summed E-state index contributed by atoms with van der Waals surface area (Å²) in [6.07, 6.45) is 1.28. The van der Waals surface area contributed by atoms with Gasteiger partial charge in [0.1, 0.15) is 15.7 Å². The van der Waals surface area contributed by atoms with E-state index >= 15 is 0 Å². The van der Waals surface area contributed by atoms with Crippen molar-refractivity contribution in [1.29, 1.82) is 0 Å². The van der Waals surface area contributed by atoms with E-state index in [0.717, 1.165) is 20.9 Å². The first kappa shape index (κ1) is 27.0. The number of carbonyl (C=O) groups is 4. The van der Waals surface area contributed by atoms with Crippen LogP contribution in [0.3, 0.4) is 0 Å². The second kappa shape index (κ2) is 11.4. The summed E-state index contributed by atoms with van der Waals surface area (Å²) in [5, 5.41) is 6.24. The Kier molecular flexibility index (Phi) is 8.59. The molecule has 2 amide bonds. The van der Waals surface area contributed by atoms with Crippen LogP contribution in [0.1, 0.15) is 76.3 Å². The summed E-state index contributed by atoms with van der Waals surface area (Å²) in [4.78, 5) is 56.2. The first-order chi connectivity index (χ1) is 17.1. The predicted molar refractivity (Wildman–Crippen MR) is 140 cm³/mol. The normalized spacial score (nSPS) is 10.6. The average molecular weight is 530 g/mol. The van der Waals surface area contributed by atoms with E-state index in [1.165, 1.54) is 41.0 Å². The van der Waals surface area contributed by atoms with Gasteiger partial charge in [0.25, 0.3) is 11.8 Å². The van der Waals surface area contributed by atoms with Crippen LogP contribution in [-0.2, 0) is 9.47 Å². The monoisotopic (exact) mass is 529 g/mol. The summed E-state index contributed by atoms with van der Waals surface area (Å²) in [5.74, 6) is -2.00. The predicted octanol–water partition coefficient (Wildman–Crippen LogP) is 5.30. The van der Waals surface area contributed by atoms with Crippen molar-refractivity contribution in [3.05, 3.63) is 61.6 Å². The Hall–Kier alpha value is -3.57. The van der Waals surface area contributed by atoms with Crippen LogP contribution in [-0.4, -0.2) is 42.0 Å². The zero-order valence-electron chi connectivity index (χ0n) is 20.9. The van der Waals surface area contributed by atoms with E-state index in [1.807, 2.05) is 13.8 Å². The van der Waals surface area contributed by atoms with Crippen molar-refractivity contribution in [2.24, 2.45) is 0 Å². The van der Waals surface area contributed by atoms with Crippen LogP contribution in [0.4, 0.5) is 10.0 Å². The molecular weight excluding hydrogens is 502 g/mol. The summed E-state index contributed by atoms with van der Waals surface area (Å²) in [7, 11) is 0. The fourth-order valence-corrected chi connectivity index (χ4v) is 5.42. The molecule has 0 bridgehead atoms. The third-order valence-corrected chi connectivity index (χ3v) is 7.69. The van der Waals surface area contributed by atoms with Crippen molar-refractivity contribution in [2.75, 3.05) is 23.8 Å². The molecule has 0 aliphatic heterocycles. The van der Waals surface area contributed by atoms with Gasteiger partial charge in [-0.1, -0.05) is 0 Å². The van der Waals surface area contributed by atoms with Crippen molar-refractivity contribution in [1.82, 2.24) is 4.98 Å². The molecule has 190 valence electrons. The zero-order chi connectivity index (χ0) is 26.6. The van der Waals surface area contributed by atoms with Crippen molar-refractivity contribution in [3.8, 4) is 0 Å². The third kappa shape index (κ3) is 5.63. The Morgan fingerprint density at radius 1 is 0.778 bits per heavy atom. The standard InChI is InChI=1S/C25H27N3O6S2/c1-7-33-24(31)18-12(3)14(5)35-22(18)27-20(29)16-9-10-17(26-11-16)21(30)28-23-19(25(32)34-8-2)13(4)15(6)36-23/h9-11H,7-8H2,1-6H3,(H,27,29)(H,28,30). The number of nitrogens with zero attached hydrogens (tertiary/aromatic N) is 1. The molecule has 0 atom stereocenters. The number of anilines is 2. The number of pyridine rings is 1. The molecule has 3 aromatic heterocycles. The highest BCUT2D eigenvalue weighted by atomic mass is 32.1. The average Bonchev–Trinajstić information content (AvgIpc) is 3.27. The lowest BCUT2D eigenvalue weighted by Crippen LogP contribution is -2.18. The molecule has 0 saturated heterocycles. The molecule has 0 fully saturated rings. The summed E-state index contributed by atoms with van der Waals surface area (Å²) in [5.41, 5.74) is 2.42. The second-order valence-electron chi connectivity index (χ2n) is 7.76. The topological polar surface area (TPSA) is 124 Å². The fraction of sp³-hybridized carbons (Fsp3) is 0.320. The van der Waals surface area contributed by atoms with E-state index in [0.29, 0.717) is 21.1 Å². The van der Waals surface area contributed by atoms with Gasteiger partial charge >= 0.3 is 11.9 Å². The fourth-order valence-electron chi connectivity index (χ4n) is 3.33. The quantitative estimate of drug-likeness (QED) is 0.380. The molecule has 0 saturated carbocycles. The number of thiophene rings is 2. The van der Waals surface area contributed by atoms with Crippen LogP contribution >= 0.6 is 22.7 Å². The van der Waals surface area contributed by atoms with Gasteiger partial charge in [-0.05, 0) is 64.8 Å². The molecule has 2 N–H and O–H groups in total. The molecule has 0 spiro atoms. The minimum atomic E-state index is -0.525. The number of nitrogens with one attached hydrogen (secondary N) is 2. The molecule has 11 heteroatoms. The Labute approximate surface area is 216 Å². The van der Waals surface area contributed by atoms with Gasteiger partial charge < -0.3 is 20.1 Å². The molecule has 0 aliphatic rings. The number of rotatable bonds is 8. The SMILES string of the molecule is CCOC(=O)c1c(NC(=O)c2ccc(C(=O)Nc3sc(C)c(C)c3C(=O)OCC)nc2)sc(C)c1C. The number of ether oxygens (including phenoxy) is 2. The van der Waals surface area contributed by atoms with Crippen LogP contribution in [0, 0.1) is 27.7 Å². The Bertz CT molecular complexity index is 1220. The maximum absolute atomic E-state index is 12.8. The minimum absolute atomic E-state index is 0.0695. The highest BCUT2D eigenvalue weighted by Crippen LogP contribution is 2.34. The van der Waals surface area contributed by atoms with E-state index < -0.39 is 23.8 Å². The van der Waals surface area contributed by atoms with Crippen molar-refractivity contribution in [2.45, 2.75) is 41.5 Å². The summed E-state index contributed by atoms with van der Waals surface area (Å²) < 4.78 is 10.2. The maximum Gasteiger partial charge on any atom is 0.341 e. The number of aryl methyl sites for hydroxylation is 2. The van der Waals surface area contributed by atoms with Gasteiger partial charge in [0.15, 0.2) is 0 Å². The first-order valence-corrected chi connectivity index (χ1v) is 12.8. The van der Waals surface area contributed by atoms with Crippen LogP contribution in [0.15, 0.2) is 18.3 Å². The Balaban J connectivity index is 1.76. The molecule has 0 radical (unpaired) electrons. The van der Waals surface area contributed by atoms with Crippen LogP contribution in [0.2, 0.25) is 0 Å². The van der Waals surface area contributed by atoms with Crippen molar-refractivity contribution >= 4 is 56.4 Å². The van der Waals surface area contributed by atoms with Gasteiger partial charge in [-0.2, -0.15) is 0 Å². The lowest BCUT2D eigenvalue weighted by atomic mass is 10.1. The van der Waals surface area contributed by atoms with E-state index in [1.54, 1.807) is 27.7 Å². The molecule has 0 unspecified atom stereocenters. The number of carbonyl (C=O) groups excluding carboxylic acids is 4. The number of aromatic nitrogens is 1.